The van der Waals surface area contributed by atoms with Crippen LogP contribution in [0, 0.1) is 20.8 Å². The summed E-state index contributed by atoms with van der Waals surface area (Å²) in [4.78, 5) is 24.3. The van der Waals surface area contributed by atoms with Crippen LogP contribution in [0.4, 0.5) is 18.9 Å². The maximum absolute atomic E-state index is 12.6. The average molecular weight is 393 g/mol. The van der Waals surface area contributed by atoms with Crippen molar-refractivity contribution in [1.82, 2.24) is 0 Å². The molecule has 0 radical (unpaired) electrons. The van der Waals surface area contributed by atoms with Crippen molar-refractivity contribution in [2.75, 3.05) is 5.32 Å². The second-order valence-electron chi connectivity index (χ2n) is 6.77. The summed E-state index contributed by atoms with van der Waals surface area (Å²) in [6.45, 7) is 7.14. The Hall–Kier alpha value is -2.83. The van der Waals surface area contributed by atoms with Gasteiger partial charge in [-0.25, -0.2) is 0 Å². The average Bonchev–Trinajstić information content (AvgIpc) is 2.57. The summed E-state index contributed by atoms with van der Waals surface area (Å²) in [6.07, 6.45) is -5.70. The third-order valence-corrected chi connectivity index (χ3v) is 4.23. The molecule has 0 bridgehead atoms. The molecule has 1 N–H and O–H groups in total. The van der Waals surface area contributed by atoms with Gasteiger partial charge < -0.3 is 10.1 Å². The summed E-state index contributed by atoms with van der Waals surface area (Å²) < 4.78 is 42.8. The third-order valence-electron chi connectivity index (χ3n) is 4.23. The number of ether oxygens (including phenoxy) is 1. The van der Waals surface area contributed by atoms with E-state index in [1.54, 1.807) is 0 Å². The van der Waals surface area contributed by atoms with Crippen LogP contribution in [0.5, 0.6) is 0 Å². The number of aryl methyl sites for hydroxylation is 3. The van der Waals surface area contributed by atoms with E-state index in [4.69, 9.17) is 4.74 Å². The maximum Gasteiger partial charge on any atom is 0.416 e. The lowest BCUT2D eigenvalue weighted by Gasteiger charge is -2.17. The van der Waals surface area contributed by atoms with E-state index < -0.39 is 29.7 Å². The van der Waals surface area contributed by atoms with Crippen LogP contribution >= 0.6 is 0 Å². The quantitative estimate of drug-likeness (QED) is 0.747. The highest BCUT2D eigenvalue weighted by atomic mass is 19.4. The largest absolute Gasteiger partial charge is 0.452 e. The van der Waals surface area contributed by atoms with Crippen molar-refractivity contribution in [3.8, 4) is 0 Å². The lowest BCUT2D eigenvalue weighted by atomic mass is 10.0. The Morgan fingerprint density at radius 3 is 2.07 bits per heavy atom. The minimum Gasteiger partial charge on any atom is -0.452 e. The predicted molar refractivity (Wildman–Crippen MR) is 100.0 cm³/mol. The molecular weight excluding hydrogens is 371 g/mol. The molecule has 0 aliphatic carbocycles. The number of hydrogen-bond donors (Lipinski definition) is 1. The van der Waals surface area contributed by atoms with E-state index in [0.29, 0.717) is 11.3 Å². The molecule has 1 unspecified atom stereocenters. The first-order valence-electron chi connectivity index (χ1n) is 8.71. The fraction of sp³-hybridized carbons (Fsp3) is 0.333. The number of hydrogen-bond acceptors (Lipinski definition) is 3. The third kappa shape index (κ3) is 5.58. The van der Waals surface area contributed by atoms with Gasteiger partial charge in [-0.1, -0.05) is 29.8 Å². The molecule has 0 aliphatic heterocycles. The van der Waals surface area contributed by atoms with Gasteiger partial charge in [-0.05, 0) is 56.5 Å². The smallest absolute Gasteiger partial charge is 0.416 e. The first-order chi connectivity index (χ1) is 13.0. The van der Waals surface area contributed by atoms with Crippen LogP contribution in [0.3, 0.4) is 0 Å². The summed E-state index contributed by atoms with van der Waals surface area (Å²) in [7, 11) is 0. The minimum absolute atomic E-state index is 0.224. The lowest BCUT2D eigenvalue weighted by molar-refractivity contribution is -0.152. The molecule has 0 spiro atoms. The molecule has 0 aromatic heterocycles. The SMILES string of the molecule is Cc1cc(C)c(NC(=O)C(C)OC(=O)Cc2ccc(C(F)(F)F)cc2)c(C)c1. The number of carbonyl (C=O) groups excluding carboxylic acids is 2. The van der Waals surface area contributed by atoms with Gasteiger partial charge in [0.05, 0.1) is 12.0 Å². The molecule has 150 valence electrons. The number of benzene rings is 2. The Bertz CT molecular complexity index is 850. The molecule has 0 aliphatic rings. The zero-order valence-corrected chi connectivity index (χ0v) is 16.1. The van der Waals surface area contributed by atoms with Crippen molar-refractivity contribution in [2.24, 2.45) is 0 Å². The van der Waals surface area contributed by atoms with Crippen molar-refractivity contribution in [3.05, 3.63) is 64.2 Å². The van der Waals surface area contributed by atoms with Crippen LogP contribution < -0.4 is 5.32 Å². The Morgan fingerprint density at radius 1 is 1.04 bits per heavy atom. The van der Waals surface area contributed by atoms with Crippen LogP contribution in [0.1, 0.15) is 34.7 Å². The zero-order valence-electron chi connectivity index (χ0n) is 16.1. The molecule has 28 heavy (non-hydrogen) atoms. The van der Waals surface area contributed by atoms with Crippen molar-refractivity contribution in [2.45, 2.75) is 46.4 Å². The fourth-order valence-corrected chi connectivity index (χ4v) is 2.87. The van der Waals surface area contributed by atoms with E-state index in [1.807, 2.05) is 32.9 Å². The van der Waals surface area contributed by atoms with Gasteiger partial charge in [0.2, 0.25) is 0 Å². The standard InChI is InChI=1S/C21H22F3NO3/c1-12-9-13(2)19(14(3)10-12)25-20(27)15(4)28-18(26)11-16-5-7-17(8-6-16)21(22,23)24/h5-10,15H,11H2,1-4H3,(H,25,27). The molecule has 2 rings (SSSR count). The first-order valence-corrected chi connectivity index (χ1v) is 8.71. The van der Waals surface area contributed by atoms with Gasteiger partial charge in [-0.2, -0.15) is 13.2 Å². The molecule has 0 heterocycles. The van der Waals surface area contributed by atoms with Gasteiger partial charge in [0.25, 0.3) is 5.91 Å². The summed E-state index contributed by atoms with van der Waals surface area (Å²) >= 11 is 0. The van der Waals surface area contributed by atoms with E-state index in [0.717, 1.165) is 28.8 Å². The van der Waals surface area contributed by atoms with E-state index in [9.17, 15) is 22.8 Å². The summed E-state index contributed by atoms with van der Waals surface area (Å²) in [5.41, 5.74) is 3.12. The Labute approximate surface area is 161 Å². The van der Waals surface area contributed by atoms with Crippen LogP contribution in [-0.4, -0.2) is 18.0 Å². The molecule has 2 aromatic carbocycles. The number of esters is 1. The van der Waals surface area contributed by atoms with Gasteiger partial charge >= 0.3 is 12.1 Å². The summed E-state index contributed by atoms with van der Waals surface area (Å²) in [5, 5.41) is 2.76. The molecule has 0 saturated carbocycles. The summed E-state index contributed by atoms with van der Waals surface area (Å²) in [6, 6.07) is 8.11. The van der Waals surface area contributed by atoms with E-state index in [2.05, 4.69) is 5.32 Å². The molecule has 1 atom stereocenters. The van der Waals surface area contributed by atoms with E-state index in [1.165, 1.54) is 19.1 Å². The van der Waals surface area contributed by atoms with Crippen molar-refractivity contribution >= 4 is 17.6 Å². The minimum atomic E-state index is -4.43. The number of nitrogens with one attached hydrogen (secondary N) is 1. The van der Waals surface area contributed by atoms with E-state index in [-0.39, 0.29) is 6.42 Å². The van der Waals surface area contributed by atoms with Crippen molar-refractivity contribution in [1.29, 1.82) is 0 Å². The Balaban J connectivity index is 1.96. The van der Waals surface area contributed by atoms with Gasteiger partial charge in [0, 0.05) is 5.69 Å². The van der Waals surface area contributed by atoms with E-state index >= 15 is 0 Å². The Morgan fingerprint density at radius 2 is 1.57 bits per heavy atom. The normalized spacial score (nSPS) is 12.4. The molecule has 4 nitrogen and oxygen atoms in total. The van der Waals surface area contributed by atoms with Crippen molar-refractivity contribution in [3.63, 3.8) is 0 Å². The zero-order chi connectivity index (χ0) is 21.1. The number of alkyl halides is 3. The number of carbonyl (C=O) groups is 2. The van der Waals surface area contributed by atoms with Gasteiger partial charge in [0.15, 0.2) is 6.10 Å². The topological polar surface area (TPSA) is 55.4 Å². The number of amides is 1. The highest BCUT2D eigenvalue weighted by Crippen LogP contribution is 2.29. The fourth-order valence-electron chi connectivity index (χ4n) is 2.87. The summed E-state index contributed by atoms with van der Waals surface area (Å²) in [5.74, 6) is -1.17. The highest BCUT2D eigenvalue weighted by molar-refractivity contribution is 5.96. The predicted octanol–water partition coefficient (Wildman–Crippen LogP) is 4.74. The number of rotatable bonds is 5. The maximum atomic E-state index is 12.6. The molecule has 0 fully saturated rings. The molecule has 0 saturated heterocycles. The molecule has 7 heteroatoms. The Kier molecular flexibility index (Phi) is 6.48. The van der Waals surface area contributed by atoms with Gasteiger partial charge in [0.1, 0.15) is 0 Å². The van der Waals surface area contributed by atoms with Gasteiger partial charge in [-0.3, -0.25) is 9.59 Å². The van der Waals surface area contributed by atoms with Gasteiger partial charge in [-0.15, -0.1) is 0 Å². The van der Waals surface area contributed by atoms with Crippen LogP contribution in [0.15, 0.2) is 36.4 Å². The monoisotopic (exact) mass is 393 g/mol. The highest BCUT2D eigenvalue weighted by Gasteiger charge is 2.30. The van der Waals surface area contributed by atoms with Crippen LogP contribution in [-0.2, 0) is 26.9 Å². The number of anilines is 1. The van der Waals surface area contributed by atoms with Crippen molar-refractivity contribution < 1.29 is 27.5 Å². The molecule has 2 aromatic rings. The molecule has 1 amide bonds. The second kappa shape index (κ2) is 8.46. The van der Waals surface area contributed by atoms with Crippen LogP contribution in [0.25, 0.3) is 0 Å². The number of halogens is 3. The van der Waals surface area contributed by atoms with Crippen LogP contribution in [0.2, 0.25) is 0 Å². The first kappa shape index (κ1) is 21.5. The lowest BCUT2D eigenvalue weighted by Crippen LogP contribution is -2.31. The molecular formula is C21H22F3NO3. The second-order valence-corrected chi connectivity index (χ2v) is 6.77.